The monoisotopic (exact) mass is 227 g/mol. The van der Waals surface area contributed by atoms with Crippen LogP contribution in [0.2, 0.25) is 5.02 Å². The maximum atomic E-state index is 9.79. The smallest absolute Gasteiger partial charge is 0.119 e. The second kappa shape index (κ2) is 5.38. The number of aryl methyl sites for hydroxylation is 1. The minimum absolute atomic E-state index is 0.330. The van der Waals surface area contributed by atoms with Crippen molar-refractivity contribution in [2.45, 2.75) is 26.7 Å². The second-order valence-corrected chi connectivity index (χ2v) is 4.38. The molecule has 0 bridgehead atoms. The second-order valence-electron chi connectivity index (χ2n) is 3.97. The van der Waals surface area contributed by atoms with Crippen molar-refractivity contribution in [3.63, 3.8) is 0 Å². The van der Waals surface area contributed by atoms with Crippen molar-refractivity contribution >= 4 is 11.6 Å². The molecule has 84 valence electrons. The van der Waals surface area contributed by atoms with Gasteiger partial charge in [-0.25, -0.2) is 0 Å². The first-order chi connectivity index (χ1) is 7.08. The number of hydrogen-bond acceptors (Lipinski definition) is 2. The van der Waals surface area contributed by atoms with Crippen LogP contribution in [0.4, 0.5) is 0 Å². The average molecular weight is 228 g/mol. The van der Waals surface area contributed by atoms with Gasteiger partial charge in [-0.2, -0.15) is 0 Å². The number of benzene rings is 1. The number of phenolic OH excluding ortho intramolecular Hbond substituents is 1. The zero-order chi connectivity index (χ0) is 11.4. The predicted octanol–water partition coefficient (Wildman–Crippen LogP) is 2.75. The molecular weight excluding hydrogens is 210 g/mol. The molecule has 0 aliphatic rings. The summed E-state index contributed by atoms with van der Waals surface area (Å²) in [6, 6.07) is 3.60. The third kappa shape index (κ3) is 3.11. The molecule has 0 aliphatic carbocycles. The molecule has 0 saturated carbocycles. The van der Waals surface area contributed by atoms with Gasteiger partial charge in [-0.05, 0) is 48.6 Å². The van der Waals surface area contributed by atoms with Crippen molar-refractivity contribution in [2.75, 3.05) is 6.54 Å². The van der Waals surface area contributed by atoms with E-state index in [0.29, 0.717) is 18.2 Å². The number of rotatable bonds is 4. The molecule has 0 saturated heterocycles. The van der Waals surface area contributed by atoms with Gasteiger partial charge in [-0.1, -0.05) is 25.4 Å². The van der Waals surface area contributed by atoms with Crippen LogP contribution >= 0.6 is 11.6 Å². The van der Waals surface area contributed by atoms with E-state index in [-0.39, 0.29) is 0 Å². The Hall–Kier alpha value is -0.730. The van der Waals surface area contributed by atoms with E-state index in [1.807, 2.05) is 13.0 Å². The first-order valence-electron chi connectivity index (χ1n) is 5.28. The zero-order valence-electron chi connectivity index (χ0n) is 9.26. The molecule has 1 unspecified atom stereocenters. The van der Waals surface area contributed by atoms with Crippen LogP contribution in [0.3, 0.4) is 0 Å². The summed E-state index contributed by atoms with van der Waals surface area (Å²) in [5.74, 6) is 0.691. The Labute approximate surface area is 96.1 Å². The minimum atomic E-state index is 0.330. The summed E-state index contributed by atoms with van der Waals surface area (Å²) in [5.41, 5.74) is 7.42. The molecule has 0 heterocycles. The summed E-state index contributed by atoms with van der Waals surface area (Å²) in [4.78, 5) is 0. The Bertz CT molecular complexity index is 339. The van der Waals surface area contributed by atoms with Gasteiger partial charge in [0.25, 0.3) is 0 Å². The van der Waals surface area contributed by atoms with Crippen LogP contribution in [0.15, 0.2) is 12.1 Å². The van der Waals surface area contributed by atoms with Gasteiger partial charge in [0, 0.05) is 5.02 Å². The Morgan fingerprint density at radius 2 is 2.07 bits per heavy atom. The highest BCUT2D eigenvalue weighted by Crippen LogP contribution is 2.28. The Morgan fingerprint density at radius 3 is 2.60 bits per heavy atom. The minimum Gasteiger partial charge on any atom is -0.508 e. The quantitative estimate of drug-likeness (QED) is 0.831. The van der Waals surface area contributed by atoms with Crippen LogP contribution in [-0.4, -0.2) is 11.7 Å². The Kier molecular flexibility index (Phi) is 4.43. The number of hydrogen-bond donors (Lipinski definition) is 2. The summed E-state index contributed by atoms with van der Waals surface area (Å²) < 4.78 is 0. The summed E-state index contributed by atoms with van der Waals surface area (Å²) in [5, 5.41) is 10.5. The van der Waals surface area contributed by atoms with Crippen molar-refractivity contribution in [3.8, 4) is 5.75 Å². The van der Waals surface area contributed by atoms with Gasteiger partial charge in [-0.15, -0.1) is 0 Å². The molecule has 0 radical (unpaired) electrons. The molecule has 15 heavy (non-hydrogen) atoms. The molecule has 1 rings (SSSR count). The number of nitrogens with two attached hydrogens (primary N) is 1. The molecule has 1 atom stereocenters. The van der Waals surface area contributed by atoms with Gasteiger partial charge in [0.05, 0.1) is 0 Å². The third-order valence-corrected chi connectivity index (χ3v) is 2.95. The summed E-state index contributed by atoms with van der Waals surface area (Å²) in [7, 11) is 0. The fourth-order valence-electron chi connectivity index (χ4n) is 1.54. The van der Waals surface area contributed by atoms with E-state index in [0.717, 1.165) is 29.0 Å². The lowest BCUT2D eigenvalue weighted by Gasteiger charge is -2.12. The van der Waals surface area contributed by atoms with Crippen molar-refractivity contribution in [1.82, 2.24) is 0 Å². The SMILES string of the molecule is CCc1cc(O)c(CC(C)CN)cc1Cl. The van der Waals surface area contributed by atoms with Crippen molar-refractivity contribution in [3.05, 3.63) is 28.3 Å². The van der Waals surface area contributed by atoms with Crippen LogP contribution < -0.4 is 5.73 Å². The van der Waals surface area contributed by atoms with Crippen LogP contribution in [0.1, 0.15) is 25.0 Å². The standard InChI is InChI=1S/C12H18ClNO/c1-3-9-6-12(15)10(5-11(9)13)4-8(2)7-14/h5-6,8,15H,3-4,7,14H2,1-2H3. The van der Waals surface area contributed by atoms with E-state index >= 15 is 0 Å². The molecule has 0 spiro atoms. The molecule has 0 amide bonds. The van der Waals surface area contributed by atoms with E-state index in [9.17, 15) is 5.11 Å². The lowest BCUT2D eigenvalue weighted by atomic mass is 9.98. The lowest BCUT2D eigenvalue weighted by Crippen LogP contribution is -2.13. The molecular formula is C12H18ClNO. The van der Waals surface area contributed by atoms with Gasteiger partial charge in [0.2, 0.25) is 0 Å². The van der Waals surface area contributed by atoms with Gasteiger partial charge in [0.15, 0.2) is 0 Å². The zero-order valence-corrected chi connectivity index (χ0v) is 10.0. The first-order valence-corrected chi connectivity index (χ1v) is 5.66. The van der Waals surface area contributed by atoms with E-state index in [4.69, 9.17) is 17.3 Å². The van der Waals surface area contributed by atoms with Gasteiger partial charge in [-0.3, -0.25) is 0 Å². The van der Waals surface area contributed by atoms with Crippen molar-refractivity contribution in [2.24, 2.45) is 11.7 Å². The largest absolute Gasteiger partial charge is 0.508 e. The lowest BCUT2D eigenvalue weighted by molar-refractivity contribution is 0.459. The van der Waals surface area contributed by atoms with Crippen LogP contribution in [0, 0.1) is 5.92 Å². The van der Waals surface area contributed by atoms with E-state index in [2.05, 4.69) is 6.92 Å². The predicted molar refractivity (Wildman–Crippen MR) is 64.4 cm³/mol. The van der Waals surface area contributed by atoms with Gasteiger partial charge in [0.1, 0.15) is 5.75 Å². The first kappa shape index (κ1) is 12.3. The molecule has 0 aromatic heterocycles. The van der Waals surface area contributed by atoms with Crippen molar-refractivity contribution in [1.29, 1.82) is 0 Å². The van der Waals surface area contributed by atoms with E-state index in [1.165, 1.54) is 0 Å². The molecule has 0 aliphatic heterocycles. The number of halogens is 1. The van der Waals surface area contributed by atoms with Crippen LogP contribution in [0.25, 0.3) is 0 Å². The van der Waals surface area contributed by atoms with Gasteiger partial charge >= 0.3 is 0 Å². The number of aromatic hydroxyl groups is 1. The Morgan fingerprint density at radius 1 is 1.40 bits per heavy atom. The maximum Gasteiger partial charge on any atom is 0.119 e. The highest BCUT2D eigenvalue weighted by Gasteiger charge is 2.09. The topological polar surface area (TPSA) is 46.2 Å². The number of phenols is 1. The highest BCUT2D eigenvalue weighted by molar-refractivity contribution is 6.31. The fraction of sp³-hybridized carbons (Fsp3) is 0.500. The molecule has 1 aromatic carbocycles. The van der Waals surface area contributed by atoms with Crippen LogP contribution in [0.5, 0.6) is 5.75 Å². The Balaban J connectivity index is 2.95. The normalized spacial score (nSPS) is 12.8. The van der Waals surface area contributed by atoms with Crippen molar-refractivity contribution < 1.29 is 5.11 Å². The van der Waals surface area contributed by atoms with Crippen LogP contribution in [-0.2, 0) is 12.8 Å². The fourth-order valence-corrected chi connectivity index (χ4v) is 1.86. The summed E-state index contributed by atoms with van der Waals surface area (Å²) in [6.07, 6.45) is 1.60. The third-order valence-electron chi connectivity index (χ3n) is 2.60. The molecule has 3 N–H and O–H groups in total. The molecule has 1 aromatic rings. The average Bonchev–Trinajstić information content (AvgIpc) is 2.22. The summed E-state index contributed by atoms with van der Waals surface area (Å²) >= 11 is 6.09. The van der Waals surface area contributed by atoms with E-state index < -0.39 is 0 Å². The maximum absolute atomic E-state index is 9.79. The summed E-state index contributed by atoms with van der Waals surface area (Å²) in [6.45, 7) is 4.69. The van der Waals surface area contributed by atoms with E-state index in [1.54, 1.807) is 6.07 Å². The highest BCUT2D eigenvalue weighted by atomic mass is 35.5. The van der Waals surface area contributed by atoms with Gasteiger partial charge < -0.3 is 10.8 Å². The molecule has 0 fully saturated rings. The molecule has 2 nitrogen and oxygen atoms in total. The molecule has 3 heteroatoms.